The Labute approximate surface area is 168 Å². The lowest BCUT2D eigenvalue weighted by molar-refractivity contribution is 0.0614. The van der Waals surface area contributed by atoms with Crippen LogP contribution < -0.4 is 5.32 Å². The minimum atomic E-state index is 0.157. The highest BCUT2D eigenvalue weighted by Gasteiger charge is 2.27. The first-order valence-electron chi connectivity index (χ1n) is 10.8. The van der Waals surface area contributed by atoms with E-state index in [4.69, 9.17) is 0 Å². The molecule has 0 spiro atoms. The van der Waals surface area contributed by atoms with Crippen LogP contribution in [0.15, 0.2) is 36.7 Å². The van der Waals surface area contributed by atoms with Crippen molar-refractivity contribution in [2.24, 2.45) is 7.05 Å². The Bertz CT molecular complexity index is 770. The van der Waals surface area contributed by atoms with Gasteiger partial charge in [-0.2, -0.15) is 5.10 Å². The predicted octanol–water partition coefficient (Wildman–Crippen LogP) is 3.86. The van der Waals surface area contributed by atoms with Gasteiger partial charge < -0.3 is 10.2 Å². The number of amides is 1. The lowest BCUT2D eigenvalue weighted by Gasteiger charge is -2.34. The Balaban J connectivity index is 1.51. The van der Waals surface area contributed by atoms with E-state index in [-0.39, 0.29) is 5.91 Å². The van der Waals surface area contributed by atoms with Gasteiger partial charge in [-0.1, -0.05) is 31.4 Å². The number of carbonyl (C=O) groups excluding carboxylic acids is 1. The quantitative estimate of drug-likeness (QED) is 0.857. The first kappa shape index (κ1) is 19.2. The van der Waals surface area contributed by atoms with Crippen LogP contribution in [0.1, 0.15) is 72.3 Å². The third kappa shape index (κ3) is 4.46. The number of piperidine rings is 1. The largest absolute Gasteiger partial charge is 0.331 e. The van der Waals surface area contributed by atoms with Gasteiger partial charge in [-0.25, -0.2) is 0 Å². The van der Waals surface area contributed by atoms with Gasteiger partial charge in [0.25, 0.3) is 5.91 Å². The van der Waals surface area contributed by atoms with Gasteiger partial charge in [0.05, 0.1) is 6.20 Å². The van der Waals surface area contributed by atoms with Gasteiger partial charge in [0.1, 0.15) is 0 Å². The molecule has 5 nitrogen and oxygen atoms in total. The molecule has 0 radical (unpaired) electrons. The molecule has 5 heteroatoms. The molecule has 1 aromatic heterocycles. The summed E-state index contributed by atoms with van der Waals surface area (Å²) in [7, 11) is 1.93. The van der Waals surface area contributed by atoms with Crippen LogP contribution in [0, 0.1) is 0 Å². The van der Waals surface area contributed by atoms with Gasteiger partial charge in [-0.15, -0.1) is 0 Å². The van der Waals surface area contributed by atoms with Gasteiger partial charge in [0.2, 0.25) is 0 Å². The van der Waals surface area contributed by atoms with E-state index in [9.17, 15) is 4.79 Å². The average molecular weight is 381 g/mol. The maximum atomic E-state index is 13.4. The molecular formula is C23H32N4O. The SMILES string of the molecule is Cn1cc(CN(C(=O)c2ccc([C@H]3CCCNC3)cc2)C2CCCCC2)cn1. The minimum absolute atomic E-state index is 0.157. The van der Waals surface area contributed by atoms with Crippen molar-refractivity contribution in [3.8, 4) is 0 Å². The Kier molecular flexibility index (Phi) is 6.10. The average Bonchev–Trinajstić information content (AvgIpc) is 3.18. The third-order valence-corrected chi connectivity index (χ3v) is 6.31. The van der Waals surface area contributed by atoms with Gasteiger partial charge in [-0.05, 0) is 55.8 Å². The van der Waals surface area contributed by atoms with Gasteiger partial charge in [0.15, 0.2) is 0 Å². The Morgan fingerprint density at radius 1 is 1.14 bits per heavy atom. The van der Waals surface area contributed by atoms with Crippen LogP contribution in [-0.4, -0.2) is 39.7 Å². The van der Waals surface area contributed by atoms with Crippen LogP contribution >= 0.6 is 0 Å². The Morgan fingerprint density at radius 2 is 1.93 bits per heavy atom. The third-order valence-electron chi connectivity index (χ3n) is 6.31. The van der Waals surface area contributed by atoms with Crippen molar-refractivity contribution in [2.45, 2.75) is 63.5 Å². The normalized spacial score (nSPS) is 20.8. The van der Waals surface area contributed by atoms with Gasteiger partial charge in [-0.3, -0.25) is 9.48 Å². The molecule has 1 aliphatic carbocycles. The predicted molar refractivity (Wildman–Crippen MR) is 111 cm³/mol. The van der Waals surface area contributed by atoms with Crippen molar-refractivity contribution >= 4 is 5.91 Å². The van der Waals surface area contributed by atoms with Gasteiger partial charge in [0, 0.05) is 43.5 Å². The van der Waals surface area contributed by atoms with Crippen LogP contribution in [0.3, 0.4) is 0 Å². The number of nitrogens with one attached hydrogen (secondary N) is 1. The van der Waals surface area contributed by atoms with E-state index in [1.54, 1.807) is 0 Å². The second-order valence-corrected chi connectivity index (χ2v) is 8.41. The standard InChI is InChI=1S/C23H32N4O/c1-26-16-18(14-25-26)17-27(22-7-3-2-4-8-22)23(28)20-11-9-19(10-12-20)21-6-5-13-24-15-21/h9-12,14,16,21-22,24H,2-8,13,15,17H2,1H3/t21-/m0/s1. The molecule has 1 aromatic carbocycles. The lowest BCUT2D eigenvalue weighted by atomic mass is 9.90. The van der Waals surface area contributed by atoms with E-state index in [1.165, 1.54) is 37.7 Å². The summed E-state index contributed by atoms with van der Waals surface area (Å²) in [4.78, 5) is 15.5. The molecule has 150 valence electrons. The molecule has 0 bridgehead atoms. The summed E-state index contributed by atoms with van der Waals surface area (Å²) in [6.07, 6.45) is 12.3. The minimum Gasteiger partial charge on any atom is -0.331 e. The van der Waals surface area contributed by atoms with Crippen molar-refractivity contribution in [3.63, 3.8) is 0 Å². The molecule has 4 rings (SSSR count). The van der Waals surface area contributed by atoms with Crippen LogP contribution in [0.25, 0.3) is 0 Å². The second kappa shape index (κ2) is 8.91. The van der Waals surface area contributed by atoms with Crippen molar-refractivity contribution in [3.05, 3.63) is 53.3 Å². The fraction of sp³-hybridized carbons (Fsp3) is 0.565. The first-order chi connectivity index (χ1) is 13.7. The monoisotopic (exact) mass is 380 g/mol. The number of hydrogen-bond acceptors (Lipinski definition) is 3. The molecule has 1 saturated heterocycles. The molecule has 1 saturated carbocycles. The summed E-state index contributed by atoms with van der Waals surface area (Å²) in [5.74, 6) is 0.729. The van der Waals surface area contributed by atoms with Crippen molar-refractivity contribution < 1.29 is 4.79 Å². The Morgan fingerprint density at radius 3 is 2.57 bits per heavy atom. The maximum Gasteiger partial charge on any atom is 0.254 e. The number of benzene rings is 1. The van der Waals surface area contributed by atoms with E-state index in [2.05, 4.69) is 27.4 Å². The highest BCUT2D eigenvalue weighted by molar-refractivity contribution is 5.94. The van der Waals surface area contributed by atoms with Gasteiger partial charge >= 0.3 is 0 Å². The molecule has 1 atom stereocenters. The molecule has 2 fully saturated rings. The van der Waals surface area contributed by atoms with E-state index >= 15 is 0 Å². The number of hydrogen-bond donors (Lipinski definition) is 1. The lowest BCUT2D eigenvalue weighted by Crippen LogP contribution is -2.41. The molecule has 2 heterocycles. The zero-order valence-corrected chi connectivity index (χ0v) is 16.9. The number of rotatable bonds is 5. The number of aryl methyl sites for hydroxylation is 1. The molecule has 1 N–H and O–H groups in total. The smallest absolute Gasteiger partial charge is 0.254 e. The fourth-order valence-electron chi connectivity index (χ4n) is 4.71. The zero-order chi connectivity index (χ0) is 19.3. The highest BCUT2D eigenvalue weighted by Crippen LogP contribution is 2.27. The van der Waals surface area contributed by atoms with E-state index in [0.29, 0.717) is 18.5 Å². The summed E-state index contributed by atoms with van der Waals surface area (Å²) >= 11 is 0. The molecule has 1 aliphatic heterocycles. The van der Waals surface area contributed by atoms with Crippen LogP contribution in [0.2, 0.25) is 0 Å². The topological polar surface area (TPSA) is 50.2 Å². The summed E-state index contributed by atoms with van der Waals surface area (Å²) in [6, 6.07) is 8.72. The van der Waals surface area contributed by atoms with Crippen LogP contribution in [-0.2, 0) is 13.6 Å². The van der Waals surface area contributed by atoms with Crippen LogP contribution in [0.4, 0.5) is 0 Å². The highest BCUT2D eigenvalue weighted by atomic mass is 16.2. The molecule has 2 aromatic rings. The van der Waals surface area contributed by atoms with Crippen molar-refractivity contribution in [1.29, 1.82) is 0 Å². The molecule has 2 aliphatic rings. The molecule has 0 unspecified atom stereocenters. The summed E-state index contributed by atoms with van der Waals surface area (Å²) in [6.45, 7) is 2.81. The van der Waals surface area contributed by atoms with E-state index in [0.717, 1.165) is 37.1 Å². The maximum absolute atomic E-state index is 13.4. The molecule has 1 amide bonds. The second-order valence-electron chi connectivity index (χ2n) is 8.41. The number of aromatic nitrogens is 2. The summed E-state index contributed by atoms with van der Waals surface area (Å²) in [5, 5.41) is 7.76. The first-order valence-corrected chi connectivity index (χ1v) is 10.8. The van der Waals surface area contributed by atoms with Crippen LogP contribution in [0.5, 0.6) is 0 Å². The zero-order valence-electron chi connectivity index (χ0n) is 16.9. The summed E-state index contributed by atoms with van der Waals surface area (Å²) in [5.41, 5.74) is 3.26. The van der Waals surface area contributed by atoms with Crippen molar-refractivity contribution in [2.75, 3.05) is 13.1 Å². The van der Waals surface area contributed by atoms with E-state index < -0.39 is 0 Å². The molecule has 28 heavy (non-hydrogen) atoms. The molecular weight excluding hydrogens is 348 g/mol. The van der Waals surface area contributed by atoms with Crippen molar-refractivity contribution in [1.82, 2.24) is 20.0 Å². The number of nitrogens with zero attached hydrogens (tertiary/aromatic N) is 3. The number of carbonyl (C=O) groups is 1. The van der Waals surface area contributed by atoms with E-state index in [1.807, 2.05) is 36.3 Å². The Hall–Kier alpha value is -2.14. The summed E-state index contributed by atoms with van der Waals surface area (Å²) < 4.78 is 1.81. The fourth-order valence-corrected chi connectivity index (χ4v) is 4.71.